The van der Waals surface area contributed by atoms with Gasteiger partial charge in [0, 0.05) is 19.7 Å². The quantitative estimate of drug-likeness (QED) is 0.776. The van der Waals surface area contributed by atoms with Gasteiger partial charge in [0.15, 0.2) is 14.9 Å². The van der Waals surface area contributed by atoms with Crippen molar-refractivity contribution in [3.8, 4) is 0 Å². The summed E-state index contributed by atoms with van der Waals surface area (Å²) in [4.78, 5) is 13.9. The van der Waals surface area contributed by atoms with Crippen molar-refractivity contribution in [3.63, 3.8) is 0 Å². The zero-order valence-electron chi connectivity index (χ0n) is 13.1. The third kappa shape index (κ3) is 2.70. The Labute approximate surface area is 134 Å². The molecule has 3 rings (SSSR count). The van der Waals surface area contributed by atoms with Gasteiger partial charge in [-0.3, -0.25) is 9.48 Å². The SMILES string of the molecule is Cc1ccc(C=CC(=O)N2CCS(=O)(=O)c3c2c(C)nn3C)o1. The van der Waals surface area contributed by atoms with Gasteiger partial charge in [-0.05, 0) is 32.1 Å². The smallest absolute Gasteiger partial charge is 0.251 e. The van der Waals surface area contributed by atoms with Crippen LogP contribution in [0.1, 0.15) is 17.2 Å². The number of aromatic nitrogens is 2. The summed E-state index contributed by atoms with van der Waals surface area (Å²) in [5.41, 5.74) is 0.880. The second kappa shape index (κ2) is 5.38. The highest BCUT2D eigenvalue weighted by atomic mass is 32.2. The van der Waals surface area contributed by atoms with Crippen LogP contribution in [0.4, 0.5) is 5.69 Å². The summed E-state index contributed by atoms with van der Waals surface area (Å²) in [5.74, 6) is 0.916. The Morgan fingerprint density at radius 1 is 1.35 bits per heavy atom. The van der Waals surface area contributed by atoms with Gasteiger partial charge in [-0.1, -0.05) is 0 Å². The molecule has 3 heterocycles. The second-order valence-electron chi connectivity index (χ2n) is 5.45. The fraction of sp³-hybridized carbons (Fsp3) is 0.333. The van der Waals surface area contributed by atoms with Gasteiger partial charge in [-0.25, -0.2) is 8.42 Å². The van der Waals surface area contributed by atoms with Crippen LogP contribution in [0.2, 0.25) is 0 Å². The molecule has 23 heavy (non-hydrogen) atoms. The summed E-state index contributed by atoms with van der Waals surface area (Å²) < 4.78 is 31.2. The van der Waals surface area contributed by atoms with Gasteiger partial charge >= 0.3 is 0 Å². The van der Waals surface area contributed by atoms with Crippen molar-refractivity contribution >= 4 is 27.5 Å². The summed E-state index contributed by atoms with van der Waals surface area (Å²) in [6.45, 7) is 3.63. The van der Waals surface area contributed by atoms with E-state index in [0.29, 0.717) is 17.1 Å². The van der Waals surface area contributed by atoms with Gasteiger partial charge in [0.1, 0.15) is 17.2 Å². The molecule has 122 valence electrons. The maximum atomic E-state index is 12.5. The molecular weight excluding hydrogens is 318 g/mol. The summed E-state index contributed by atoms with van der Waals surface area (Å²) in [7, 11) is -1.85. The largest absolute Gasteiger partial charge is 0.462 e. The lowest BCUT2D eigenvalue weighted by atomic mass is 10.3. The van der Waals surface area contributed by atoms with Crippen molar-refractivity contribution in [2.24, 2.45) is 7.05 Å². The molecule has 0 saturated heterocycles. The molecule has 8 heteroatoms. The van der Waals surface area contributed by atoms with Crippen LogP contribution in [0.3, 0.4) is 0 Å². The molecular formula is C15H17N3O4S. The minimum Gasteiger partial charge on any atom is -0.462 e. The number of carbonyl (C=O) groups is 1. The molecule has 0 fully saturated rings. The molecule has 2 aromatic heterocycles. The third-order valence-corrected chi connectivity index (χ3v) is 5.47. The van der Waals surface area contributed by atoms with E-state index < -0.39 is 9.84 Å². The standard InChI is InChI=1S/C15H17N3O4S/c1-10-4-5-12(22-10)6-7-13(19)18-8-9-23(20,21)15-14(18)11(2)16-17(15)3/h4-7H,8-9H2,1-3H3. The first kappa shape index (κ1) is 15.5. The van der Waals surface area contributed by atoms with Gasteiger partial charge in [0.25, 0.3) is 5.91 Å². The maximum Gasteiger partial charge on any atom is 0.251 e. The number of anilines is 1. The third-order valence-electron chi connectivity index (χ3n) is 3.70. The molecule has 0 aliphatic carbocycles. The Kier molecular flexibility index (Phi) is 3.63. The zero-order chi connectivity index (χ0) is 16.8. The normalized spacial score (nSPS) is 16.7. The highest BCUT2D eigenvalue weighted by Crippen LogP contribution is 2.33. The van der Waals surface area contributed by atoms with E-state index in [9.17, 15) is 13.2 Å². The molecule has 2 aromatic rings. The maximum absolute atomic E-state index is 12.5. The number of sulfone groups is 1. The lowest BCUT2D eigenvalue weighted by Crippen LogP contribution is -2.39. The first-order chi connectivity index (χ1) is 10.8. The van der Waals surface area contributed by atoms with Crippen molar-refractivity contribution in [2.45, 2.75) is 18.9 Å². The van der Waals surface area contributed by atoms with Crippen LogP contribution in [0.15, 0.2) is 27.7 Å². The van der Waals surface area contributed by atoms with Crippen molar-refractivity contribution in [3.05, 3.63) is 35.4 Å². The molecule has 0 N–H and O–H groups in total. The Morgan fingerprint density at radius 3 is 2.74 bits per heavy atom. The van der Waals surface area contributed by atoms with Crippen LogP contribution in [0.25, 0.3) is 6.08 Å². The molecule has 0 radical (unpaired) electrons. The summed E-state index contributed by atoms with van der Waals surface area (Å²) in [6, 6.07) is 3.57. The van der Waals surface area contributed by atoms with E-state index in [0.717, 1.165) is 5.76 Å². The van der Waals surface area contributed by atoms with Crippen LogP contribution in [-0.2, 0) is 21.7 Å². The zero-order valence-corrected chi connectivity index (χ0v) is 13.9. The number of nitrogens with zero attached hydrogens (tertiary/aromatic N) is 3. The number of furan rings is 1. The number of rotatable bonds is 2. The molecule has 1 aliphatic rings. The van der Waals surface area contributed by atoms with E-state index in [1.54, 1.807) is 32.2 Å². The van der Waals surface area contributed by atoms with Crippen molar-refractivity contribution < 1.29 is 17.6 Å². The van der Waals surface area contributed by atoms with Gasteiger partial charge in [-0.15, -0.1) is 0 Å². The number of hydrogen-bond acceptors (Lipinski definition) is 5. The van der Waals surface area contributed by atoms with E-state index >= 15 is 0 Å². The average Bonchev–Trinajstić information content (AvgIpc) is 3.01. The van der Waals surface area contributed by atoms with Gasteiger partial charge in [-0.2, -0.15) is 5.10 Å². The summed E-state index contributed by atoms with van der Waals surface area (Å²) in [6.07, 6.45) is 2.95. The molecule has 0 aromatic carbocycles. The molecule has 0 unspecified atom stereocenters. The van der Waals surface area contributed by atoms with E-state index in [1.807, 2.05) is 6.92 Å². The van der Waals surface area contributed by atoms with E-state index in [1.165, 1.54) is 15.7 Å². The van der Waals surface area contributed by atoms with Crippen molar-refractivity contribution in [1.29, 1.82) is 0 Å². The highest BCUT2D eigenvalue weighted by Gasteiger charge is 2.36. The Balaban J connectivity index is 1.95. The number of amides is 1. The first-order valence-corrected chi connectivity index (χ1v) is 8.77. The highest BCUT2D eigenvalue weighted by molar-refractivity contribution is 7.91. The van der Waals surface area contributed by atoms with Gasteiger partial charge < -0.3 is 9.32 Å². The topological polar surface area (TPSA) is 85.4 Å². The molecule has 7 nitrogen and oxygen atoms in total. The minimum atomic E-state index is -3.42. The van der Waals surface area contributed by atoms with E-state index in [4.69, 9.17) is 4.42 Å². The Bertz CT molecular complexity index is 905. The number of aryl methyl sites for hydroxylation is 3. The predicted octanol–water partition coefficient (Wildman–Crippen LogP) is 1.46. The number of fused-ring (bicyclic) bond motifs is 1. The molecule has 0 spiro atoms. The fourth-order valence-corrected chi connectivity index (χ4v) is 4.32. The second-order valence-corrected chi connectivity index (χ2v) is 7.48. The fourth-order valence-electron chi connectivity index (χ4n) is 2.71. The van der Waals surface area contributed by atoms with Crippen LogP contribution < -0.4 is 4.90 Å². The van der Waals surface area contributed by atoms with Crippen molar-refractivity contribution in [1.82, 2.24) is 9.78 Å². The summed E-state index contributed by atoms with van der Waals surface area (Å²) >= 11 is 0. The Hall–Kier alpha value is -2.35. The molecule has 0 saturated carbocycles. The van der Waals surface area contributed by atoms with E-state index in [-0.39, 0.29) is 23.2 Å². The van der Waals surface area contributed by atoms with E-state index in [2.05, 4.69) is 5.10 Å². The number of hydrogen-bond donors (Lipinski definition) is 0. The van der Waals surface area contributed by atoms with Crippen LogP contribution in [0.5, 0.6) is 0 Å². The lowest BCUT2D eigenvalue weighted by molar-refractivity contribution is -0.114. The predicted molar refractivity (Wildman–Crippen MR) is 84.8 cm³/mol. The first-order valence-electron chi connectivity index (χ1n) is 7.12. The van der Waals surface area contributed by atoms with Crippen LogP contribution in [-0.4, -0.2) is 36.4 Å². The average molecular weight is 335 g/mol. The minimum absolute atomic E-state index is 0.0943. The van der Waals surface area contributed by atoms with Crippen molar-refractivity contribution in [2.75, 3.05) is 17.2 Å². The monoisotopic (exact) mass is 335 g/mol. The lowest BCUT2D eigenvalue weighted by Gasteiger charge is -2.26. The molecule has 1 amide bonds. The number of carbonyl (C=O) groups excluding carboxylic acids is 1. The molecule has 1 aliphatic heterocycles. The summed E-state index contributed by atoms with van der Waals surface area (Å²) in [5, 5.41) is 4.24. The molecule has 0 atom stereocenters. The van der Waals surface area contributed by atoms with Crippen LogP contribution >= 0.6 is 0 Å². The van der Waals surface area contributed by atoms with Gasteiger partial charge in [0.05, 0.1) is 11.4 Å². The Morgan fingerprint density at radius 2 is 2.09 bits per heavy atom. The van der Waals surface area contributed by atoms with Crippen LogP contribution in [0, 0.1) is 13.8 Å². The van der Waals surface area contributed by atoms with Gasteiger partial charge in [0.2, 0.25) is 0 Å². The molecule has 0 bridgehead atoms.